The van der Waals surface area contributed by atoms with E-state index in [4.69, 9.17) is 5.73 Å². The first-order chi connectivity index (χ1) is 8.07. The van der Waals surface area contributed by atoms with Crippen LogP contribution in [-0.2, 0) is 4.79 Å². The molecule has 2 rings (SSSR count). The monoisotopic (exact) mass is 253 g/mol. The third-order valence-corrected chi connectivity index (χ3v) is 4.64. The maximum Gasteiger partial charge on any atom is 0.228 e. The molecule has 94 valence electrons. The van der Waals surface area contributed by atoms with Gasteiger partial charge in [-0.25, -0.2) is 4.98 Å². The van der Waals surface area contributed by atoms with E-state index in [2.05, 4.69) is 10.3 Å². The van der Waals surface area contributed by atoms with Crippen LogP contribution in [0.4, 0.5) is 0 Å². The number of rotatable bonds is 4. The molecule has 0 aliphatic heterocycles. The fourth-order valence-corrected chi connectivity index (χ4v) is 2.89. The Kier molecular flexibility index (Phi) is 3.49. The Labute approximate surface area is 106 Å². The van der Waals surface area contributed by atoms with Crippen LogP contribution in [0.25, 0.3) is 0 Å². The Morgan fingerprint density at radius 2 is 2.41 bits per heavy atom. The van der Waals surface area contributed by atoms with Crippen molar-refractivity contribution < 1.29 is 4.79 Å². The number of hydrogen-bond donors (Lipinski definition) is 2. The number of hydrogen-bond acceptors (Lipinski definition) is 4. The molecule has 1 fully saturated rings. The van der Waals surface area contributed by atoms with E-state index in [0.29, 0.717) is 6.54 Å². The van der Waals surface area contributed by atoms with Crippen LogP contribution < -0.4 is 11.1 Å². The molecule has 1 aromatic rings. The normalized spacial score (nSPS) is 19.5. The molecule has 0 spiro atoms. The van der Waals surface area contributed by atoms with Crippen molar-refractivity contribution in [1.82, 2.24) is 10.3 Å². The van der Waals surface area contributed by atoms with Crippen LogP contribution in [0.2, 0.25) is 0 Å². The lowest BCUT2D eigenvalue weighted by Gasteiger charge is -2.39. The van der Waals surface area contributed by atoms with E-state index in [1.807, 2.05) is 20.0 Å². The van der Waals surface area contributed by atoms with E-state index in [1.54, 1.807) is 11.3 Å². The highest BCUT2D eigenvalue weighted by atomic mass is 32.1. The van der Waals surface area contributed by atoms with Crippen molar-refractivity contribution in [3.05, 3.63) is 16.1 Å². The van der Waals surface area contributed by atoms with Gasteiger partial charge in [0.15, 0.2) is 0 Å². The molecule has 0 radical (unpaired) electrons. The second kappa shape index (κ2) is 4.74. The topological polar surface area (TPSA) is 68.0 Å². The number of nitrogens with zero attached hydrogens (tertiary/aromatic N) is 1. The molecule has 0 bridgehead atoms. The highest BCUT2D eigenvalue weighted by Gasteiger charge is 2.43. The van der Waals surface area contributed by atoms with Gasteiger partial charge in [-0.1, -0.05) is 6.42 Å². The first kappa shape index (κ1) is 12.5. The highest BCUT2D eigenvalue weighted by molar-refractivity contribution is 7.11. The molecule has 1 aliphatic carbocycles. The smallest absolute Gasteiger partial charge is 0.228 e. The molecule has 1 aliphatic rings. The van der Waals surface area contributed by atoms with Gasteiger partial charge in [0.05, 0.1) is 11.5 Å². The molecule has 1 unspecified atom stereocenters. The van der Waals surface area contributed by atoms with Crippen LogP contribution in [0, 0.1) is 12.3 Å². The van der Waals surface area contributed by atoms with Crippen molar-refractivity contribution in [3.63, 3.8) is 0 Å². The molecule has 5 heteroatoms. The van der Waals surface area contributed by atoms with Crippen molar-refractivity contribution in [2.45, 2.75) is 39.2 Å². The van der Waals surface area contributed by atoms with Crippen LogP contribution in [0.1, 0.15) is 42.1 Å². The lowest BCUT2D eigenvalue weighted by atomic mass is 9.68. The molecule has 4 nitrogen and oxygen atoms in total. The molecular formula is C12H19N3OS. The Morgan fingerprint density at radius 1 is 1.71 bits per heavy atom. The number of nitrogens with one attached hydrogen (secondary N) is 1. The average Bonchev–Trinajstić information content (AvgIpc) is 2.64. The molecule has 0 aromatic carbocycles. The maximum atomic E-state index is 12.2. The number of amides is 1. The van der Waals surface area contributed by atoms with Gasteiger partial charge in [-0.2, -0.15) is 0 Å². The molecule has 3 N–H and O–H groups in total. The van der Waals surface area contributed by atoms with Crippen LogP contribution in [0.3, 0.4) is 0 Å². The largest absolute Gasteiger partial charge is 0.347 e. The standard InChI is InChI=1S/C12H19N3OS/c1-8-6-14-10(17-8)9(2)15-11(16)12(7-13)4-3-5-12/h6,9H,3-5,7,13H2,1-2H3,(H,15,16). The number of nitrogens with two attached hydrogens (primary N) is 1. The van der Waals surface area contributed by atoms with Crippen molar-refractivity contribution in [2.75, 3.05) is 6.54 Å². The van der Waals surface area contributed by atoms with Crippen LogP contribution >= 0.6 is 11.3 Å². The van der Waals surface area contributed by atoms with Gasteiger partial charge in [-0.15, -0.1) is 11.3 Å². The first-order valence-corrected chi connectivity index (χ1v) is 6.82. The lowest BCUT2D eigenvalue weighted by Crippen LogP contribution is -2.50. The van der Waals surface area contributed by atoms with Gasteiger partial charge in [-0.3, -0.25) is 4.79 Å². The van der Waals surface area contributed by atoms with E-state index < -0.39 is 0 Å². The van der Waals surface area contributed by atoms with Gasteiger partial charge in [-0.05, 0) is 26.7 Å². The molecule has 17 heavy (non-hydrogen) atoms. The Bertz CT molecular complexity index is 406. The number of aromatic nitrogens is 1. The van der Waals surface area contributed by atoms with Gasteiger partial charge in [0.2, 0.25) is 5.91 Å². The second-order valence-corrected chi connectivity index (χ2v) is 6.11. The van der Waals surface area contributed by atoms with E-state index in [9.17, 15) is 4.79 Å². The maximum absolute atomic E-state index is 12.2. The number of carbonyl (C=O) groups excluding carboxylic acids is 1. The first-order valence-electron chi connectivity index (χ1n) is 6.01. The SMILES string of the molecule is Cc1cnc(C(C)NC(=O)C2(CN)CCC2)s1. The summed E-state index contributed by atoms with van der Waals surface area (Å²) in [4.78, 5) is 17.6. The average molecular weight is 253 g/mol. The predicted molar refractivity (Wildman–Crippen MR) is 68.7 cm³/mol. The number of aryl methyl sites for hydroxylation is 1. The summed E-state index contributed by atoms with van der Waals surface area (Å²) in [6, 6.07) is -0.0229. The van der Waals surface area contributed by atoms with Gasteiger partial charge in [0.25, 0.3) is 0 Å². The Morgan fingerprint density at radius 3 is 2.82 bits per heavy atom. The minimum absolute atomic E-state index is 0.0229. The fraction of sp³-hybridized carbons (Fsp3) is 0.667. The van der Waals surface area contributed by atoms with Crippen LogP contribution in [0.5, 0.6) is 0 Å². The van der Waals surface area contributed by atoms with Crippen molar-refractivity contribution in [2.24, 2.45) is 11.1 Å². The third-order valence-electron chi connectivity index (χ3n) is 3.54. The molecule has 1 saturated carbocycles. The summed E-state index contributed by atoms with van der Waals surface area (Å²) in [7, 11) is 0. The zero-order chi connectivity index (χ0) is 12.5. The highest BCUT2D eigenvalue weighted by Crippen LogP contribution is 2.40. The van der Waals surface area contributed by atoms with Crippen molar-refractivity contribution in [3.8, 4) is 0 Å². The number of thiazole rings is 1. The second-order valence-electron chi connectivity index (χ2n) is 4.84. The van der Waals surface area contributed by atoms with Crippen molar-refractivity contribution >= 4 is 17.2 Å². The predicted octanol–water partition coefficient (Wildman–Crippen LogP) is 1.76. The lowest BCUT2D eigenvalue weighted by molar-refractivity contribution is -0.135. The summed E-state index contributed by atoms with van der Waals surface area (Å²) in [6.07, 6.45) is 4.78. The summed E-state index contributed by atoms with van der Waals surface area (Å²) in [5, 5.41) is 3.99. The van der Waals surface area contributed by atoms with E-state index in [-0.39, 0.29) is 17.4 Å². The summed E-state index contributed by atoms with van der Waals surface area (Å²) in [6.45, 7) is 4.44. The van der Waals surface area contributed by atoms with Crippen LogP contribution in [0.15, 0.2) is 6.20 Å². The Balaban J connectivity index is 1.99. The van der Waals surface area contributed by atoms with Gasteiger partial charge >= 0.3 is 0 Å². The molecule has 0 saturated heterocycles. The van der Waals surface area contributed by atoms with E-state index in [1.165, 1.54) is 4.88 Å². The van der Waals surface area contributed by atoms with Gasteiger partial charge < -0.3 is 11.1 Å². The Hall–Kier alpha value is -0.940. The third kappa shape index (κ3) is 2.35. The van der Waals surface area contributed by atoms with E-state index >= 15 is 0 Å². The van der Waals surface area contributed by atoms with Crippen molar-refractivity contribution in [1.29, 1.82) is 0 Å². The fourth-order valence-electron chi connectivity index (χ4n) is 2.11. The molecule has 1 aromatic heterocycles. The molecular weight excluding hydrogens is 234 g/mol. The summed E-state index contributed by atoms with van der Waals surface area (Å²) in [5.74, 6) is 0.0894. The van der Waals surface area contributed by atoms with Gasteiger partial charge in [0, 0.05) is 17.6 Å². The summed E-state index contributed by atoms with van der Waals surface area (Å²) in [5.41, 5.74) is 5.41. The minimum atomic E-state index is -0.305. The zero-order valence-corrected chi connectivity index (χ0v) is 11.1. The minimum Gasteiger partial charge on any atom is -0.347 e. The van der Waals surface area contributed by atoms with Crippen LogP contribution in [-0.4, -0.2) is 17.4 Å². The van der Waals surface area contributed by atoms with E-state index in [0.717, 1.165) is 24.3 Å². The molecule has 1 heterocycles. The molecule has 1 amide bonds. The summed E-state index contributed by atoms with van der Waals surface area (Å²) >= 11 is 1.62. The molecule has 1 atom stereocenters. The zero-order valence-electron chi connectivity index (χ0n) is 10.3. The quantitative estimate of drug-likeness (QED) is 0.859. The van der Waals surface area contributed by atoms with Gasteiger partial charge in [0.1, 0.15) is 5.01 Å². The summed E-state index contributed by atoms with van der Waals surface area (Å²) < 4.78 is 0. The number of carbonyl (C=O) groups is 1.